The van der Waals surface area contributed by atoms with Crippen molar-refractivity contribution in [1.29, 1.82) is 0 Å². The summed E-state index contributed by atoms with van der Waals surface area (Å²) in [7, 11) is 0. The van der Waals surface area contributed by atoms with Gasteiger partial charge in [-0.15, -0.1) is 0 Å². The first-order chi connectivity index (χ1) is 9.76. The van der Waals surface area contributed by atoms with Gasteiger partial charge in [0.25, 0.3) is 0 Å². The second-order valence-corrected chi connectivity index (χ2v) is 5.36. The van der Waals surface area contributed by atoms with Gasteiger partial charge in [0.15, 0.2) is 0 Å². The van der Waals surface area contributed by atoms with E-state index >= 15 is 0 Å². The third kappa shape index (κ3) is 2.87. The monoisotopic (exact) mass is 275 g/mol. The highest BCUT2D eigenvalue weighted by Crippen LogP contribution is 2.24. The van der Waals surface area contributed by atoms with Crippen LogP contribution in [0.25, 0.3) is 11.0 Å². The molecular formula is C16H21NO3. The Morgan fingerprint density at radius 3 is 3.05 bits per heavy atom. The van der Waals surface area contributed by atoms with Crippen LogP contribution in [0.5, 0.6) is 0 Å². The van der Waals surface area contributed by atoms with Crippen molar-refractivity contribution in [2.24, 2.45) is 0 Å². The van der Waals surface area contributed by atoms with Gasteiger partial charge in [-0.3, -0.25) is 4.90 Å². The molecule has 2 aromatic rings. The van der Waals surface area contributed by atoms with Crippen LogP contribution in [0.4, 0.5) is 0 Å². The van der Waals surface area contributed by atoms with Gasteiger partial charge in [-0.05, 0) is 18.6 Å². The molecule has 2 unspecified atom stereocenters. The van der Waals surface area contributed by atoms with E-state index in [2.05, 4.69) is 11.8 Å². The van der Waals surface area contributed by atoms with Gasteiger partial charge in [-0.2, -0.15) is 0 Å². The minimum absolute atomic E-state index is 0.284. The van der Waals surface area contributed by atoms with Crippen molar-refractivity contribution in [3.63, 3.8) is 0 Å². The number of furan rings is 1. The molecule has 4 nitrogen and oxygen atoms in total. The van der Waals surface area contributed by atoms with Crippen molar-refractivity contribution in [1.82, 2.24) is 4.90 Å². The number of β-amino-alcohol motifs (C(OH)–C–C–N with tert-alkyl or cyclic N) is 1. The molecule has 2 heterocycles. The summed E-state index contributed by atoms with van der Waals surface area (Å²) < 4.78 is 11.4. The summed E-state index contributed by atoms with van der Waals surface area (Å²) in [6.07, 6.45) is 0.710. The van der Waals surface area contributed by atoms with Crippen LogP contribution in [0, 0.1) is 0 Å². The Labute approximate surface area is 118 Å². The highest BCUT2D eigenvalue weighted by molar-refractivity contribution is 5.77. The van der Waals surface area contributed by atoms with Crippen molar-refractivity contribution < 1.29 is 14.3 Å². The van der Waals surface area contributed by atoms with Gasteiger partial charge in [-0.1, -0.05) is 25.1 Å². The molecular weight excluding hydrogens is 254 g/mol. The van der Waals surface area contributed by atoms with Crippen molar-refractivity contribution in [3.05, 3.63) is 36.1 Å². The van der Waals surface area contributed by atoms with E-state index in [0.29, 0.717) is 12.3 Å². The summed E-state index contributed by atoms with van der Waals surface area (Å²) in [5.74, 6) is 0.644. The van der Waals surface area contributed by atoms with E-state index in [-0.39, 0.29) is 6.10 Å². The first-order valence-electron chi connectivity index (χ1n) is 7.26. The van der Waals surface area contributed by atoms with E-state index < -0.39 is 6.10 Å². The zero-order valence-electron chi connectivity index (χ0n) is 11.8. The average molecular weight is 275 g/mol. The lowest BCUT2D eigenvalue weighted by Gasteiger charge is -2.33. The Bertz CT molecular complexity index is 533. The quantitative estimate of drug-likeness (QED) is 0.931. The molecule has 0 saturated carbocycles. The van der Waals surface area contributed by atoms with E-state index in [1.807, 2.05) is 30.3 Å². The fraction of sp³-hybridized carbons (Fsp3) is 0.500. The maximum atomic E-state index is 10.4. The Morgan fingerprint density at radius 2 is 2.25 bits per heavy atom. The topological polar surface area (TPSA) is 45.8 Å². The number of aliphatic hydroxyl groups excluding tert-OH is 1. The van der Waals surface area contributed by atoms with Crippen LogP contribution < -0.4 is 0 Å². The predicted molar refractivity (Wildman–Crippen MR) is 77.6 cm³/mol. The molecule has 2 atom stereocenters. The molecule has 1 fully saturated rings. The highest BCUT2D eigenvalue weighted by atomic mass is 16.5. The third-order valence-corrected chi connectivity index (χ3v) is 3.88. The van der Waals surface area contributed by atoms with Crippen molar-refractivity contribution in [2.75, 3.05) is 26.2 Å². The minimum Gasteiger partial charge on any atom is -0.458 e. The normalized spacial score (nSPS) is 22.2. The summed E-state index contributed by atoms with van der Waals surface area (Å²) in [5, 5.41) is 11.4. The molecule has 0 amide bonds. The Kier molecular flexibility index (Phi) is 4.05. The SMILES string of the molecule is CCC1CN(CC(O)c2cc3ccccc3o2)CCO1. The third-order valence-electron chi connectivity index (χ3n) is 3.88. The number of ether oxygens (including phenoxy) is 1. The summed E-state index contributed by atoms with van der Waals surface area (Å²) in [6.45, 7) is 5.22. The van der Waals surface area contributed by atoms with Gasteiger partial charge >= 0.3 is 0 Å². The number of nitrogens with zero attached hydrogens (tertiary/aromatic N) is 1. The van der Waals surface area contributed by atoms with Crippen LogP contribution in [-0.4, -0.2) is 42.4 Å². The Hall–Kier alpha value is -1.36. The first kappa shape index (κ1) is 13.6. The van der Waals surface area contributed by atoms with Gasteiger partial charge in [0.2, 0.25) is 0 Å². The Morgan fingerprint density at radius 1 is 1.40 bits per heavy atom. The van der Waals surface area contributed by atoms with E-state index in [9.17, 15) is 5.11 Å². The fourth-order valence-corrected chi connectivity index (χ4v) is 2.69. The number of rotatable bonds is 4. The van der Waals surface area contributed by atoms with Crippen molar-refractivity contribution in [2.45, 2.75) is 25.6 Å². The molecule has 108 valence electrons. The average Bonchev–Trinajstić information content (AvgIpc) is 2.91. The van der Waals surface area contributed by atoms with Crippen LogP contribution in [0.1, 0.15) is 25.2 Å². The second kappa shape index (κ2) is 5.95. The number of benzene rings is 1. The molecule has 0 spiro atoms. The van der Waals surface area contributed by atoms with Crippen LogP contribution in [0.3, 0.4) is 0 Å². The summed E-state index contributed by atoms with van der Waals surface area (Å²) in [6, 6.07) is 9.76. The fourth-order valence-electron chi connectivity index (χ4n) is 2.69. The molecule has 1 aromatic heterocycles. The molecule has 1 aliphatic heterocycles. The van der Waals surface area contributed by atoms with Gasteiger partial charge in [0.1, 0.15) is 17.4 Å². The van der Waals surface area contributed by atoms with Gasteiger partial charge in [-0.25, -0.2) is 0 Å². The van der Waals surface area contributed by atoms with Gasteiger partial charge < -0.3 is 14.3 Å². The molecule has 0 aliphatic carbocycles. The molecule has 0 radical (unpaired) electrons. The van der Waals surface area contributed by atoms with Crippen LogP contribution in [-0.2, 0) is 4.74 Å². The number of morpholine rings is 1. The number of hydrogen-bond acceptors (Lipinski definition) is 4. The van der Waals surface area contributed by atoms with E-state index in [4.69, 9.17) is 9.15 Å². The van der Waals surface area contributed by atoms with Crippen LogP contribution in [0.15, 0.2) is 34.7 Å². The first-order valence-corrected chi connectivity index (χ1v) is 7.26. The largest absolute Gasteiger partial charge is 0.458 e. The Balaban J connectivity index is 1.67. The molecule has 4 heteroatoms. The van der Waals surface area contributed by atoms with Gasteiger partial charge in [0, 0.05) is 25.0 Å². The molecule has 3 rings (SSSR count). The zero-order valence-corrected chi connectivity index (χ0v) is 11.8. The summed E-state index contributed by atoms with van der Waals surface area (Å²) in [4.78, 5) is 2.25. The van der Waals surface area contributed by atoms with Crippen LogP contribution in [0.2, 0.25) is 0 Å². The number of hydrogen-bond donors (Lipinski definition) is 1. The lowest BCUT2D eigenvalue weighted by atomic mass is 10.2. The molecule has 0 bridgehead atoms. The molecule has 1 N–H and O–H groups in total. The van der Waals surface area contributed by atoms with Crippen molar-refractivity contribution in [3.8, 4) is 0 Å². The van der Waals surface area contributed by atoms with Gasteiger partial charge in [0.05, 0.1) is 12.7 Å². The second-order valence-electron chi connectivity index (χ2n) is 5.36. The lowest BCUT2D eigenvalue weighted by molar-refractivity contribution is -0.0435. The molecule has 20 heavy (non-hydrogen) atoms. The zero-order chi connectivity index (χ0) is 13.9. The number of aliphatic hydroxyl groups is 1. The summed E-state index contributed by atoms with van der Waals surface area (Å²) in [5.41, 5.74) is 0.829. The minimum atomic E-state index is -0.585. The maximum Gasteiger partial charge on any atom is 0.135 e. The lowest BCUT2D eigenvalue weighted by Crippen LogP contribution is -2.43. The van der Waals surface area contributed by atoms with Crippen molar-refractivity contribution >= 4 is 11.0 Å². The number of fused-ring (bicyclic) bond motifs is 1. The molecule has 1 aromatic carbocycles. The predicted octanol–water partition coefficient (Wildman–Crippen LogP) is 2.58. The summed E-state index contributed by atoms with van der Waals surface area (Å²) >= 11 is 0. The van der Waals surface area contributed by atoms with E-state index in [0.717, 1.165) is 37.1 Å². The van der Waals surface area contributed by atoms with E-state index in [1.54, 1.807) is 0 Å². The van der Waals surface area contributed by atoms with E-state index in [1.165, 1.54) is 0 Å². The number of para-hydroxylation sites is 1. The van der Waals surface area contributed by atoms with Crippen LogP contribution >= 0.6 is 0 Å². The smallest absolute Gasteiger partial charge is 0.135 e. The molecule has 1 aliphatic rings. The molecule has 1 saturated heterocycles. The standard InChI is InChI=1S/C16H21NO3/c1-2-13-10-17(7-8-19-13)11-14(18)16-9-12-5-3-4-6-15(12)20-16/h3-6,9,13-14,18H,2,7-8,10-11H2,1H3. The maximum absolute atomic E-state index is 10.4. The highest BCUT2D eigenvalue weighted by Gasteiger charge is 2.23.